The molecule has 0 saturated heterocycles. The molecule has 134 valence electrons. The Labute approximate surface area is 149 Å². The van der Waals surface area contributed by atoms with Gasteiger partial charge in [0.1, 0.15) is 5.82 Å². The molecule has 0 fully saturated rings. The van der Waals surface area contributed by atoms with Crippen molar-refractivity contribution in [1.29, 1.82) is 0 Å². The lowest BCUT2D eigenvalue weighted by molar-refractivity contribution is 0.184. The van der Waals surface area contributed by atoms with Crippen LogP contribution in [0.4, 0.5) is 4.39 Å². The average molecular weight is 343 g/mol. The van der Waals surface area contributed by atoms with Crippen molar-refractivity contribution in [2.75, 3.05) is 13.7 Å². The van der Waals surface area contributed by atoms with E-state index in [0.29, 0.717) is 25.3 Å². The Kier molecular flexibility index (Phi) is 7.41. The molecule has 0 atom stereocenters. The molecule has 0 saturated carbocycles. The van der Waals surface area contributed by atoms with Crippen molar-refractivity contribution in [2.45, 2.75) is 33.5 Å². The van der Waals surface area contributed by atoms with E-state index in [9.17, 15) is 4.39 Å². The summed E-state index contributed by atoms with van der Waals surface area (Å²) in [7, 11) is 1.69. The van der Waals surface area contributed by atoms with Gasteiger partial charge in [0.15, 0.2) is 5.96 Å². The first-order chi connectivity index (χ1) is 12.1. The number of benzene rings is 2. The maximum Gasteiger partial charge on any atom is 0.191 e. The normalized spacial score (nSPS) is 11.4. The van der Waals surface area contributed by atoms with Gasteiger partial charge in [-0.1, -0.05) is 36.4 Å². The fraction of sp³-hybridized carbons (Fsp3) is 0.350. The quantitative estimate of drug-likeness (QED) is 0.597. The van der Waals surface area contributed by atoms with Crippen molar-refractivity contribution in [3.8, 4) is 0 Å². The summed E-state index contributed by atoms with van der Waals surface area (Å²) in [4.78, 5) is 4.59. The highest BCUT2D eigenvalue weighted by Gasteiger charge is 2.04. The molecule has 0 aliphatic heterocycles. The second kappa shape index (κ2) is 9.79. The zero-order valence-electron chi connectivity index (χ0n) is 15.1. The molecule has 2 rings (SSSR count). The third-order valence-electron chi connectivity index (χ3n) is 3.85. The van der Waals surface area contributed by atoms with Gasteiger partial charge in [-0.3, -0.25) is 0 Å². The van der Waals surface area contributed by atoms with Crippen molar-refractivity contribution in [3.05, 3.63) is 70.5 Å². The first-order valence-corrected chi connectivity index (χ1v) is 8.47. The number of nitrogens with zero attached hydrogens (tertiary/aromatic N) is 1. The van der Waals surface area contributed by atoms with E-state index >= 15 is 0 Å². The number of halogens is 1. The highest BCUT2D eigenvalue weighted by molar-refractivity contribution is 5.79. The Morgan fingerprint density at radius 2 is 1.88 bits per heavy atom. The molecule has 0 aromatic heterocycles. The van der Waals surface area contributed by atoms with Crippen LogP contribution in [0.3, 0.4) is 0 Å². The van der Waals surface area contributed by atoms with Crippen molar-refractivity contribution < 1.29 is 9.13 Å². The minimum absolute atomic E-state index is 0.187. The molecule has 0 aliphatic carbocycles. The van der Waals surface area contributed by atoms with Crippen molar-refractivity contribution in [2.24, 2.45) is 4.99 Å². The lowest BCUT2D eigenvalue weighted by atomic mass is 10.1. The van der Waals surface area contributed by atoms with Gasteiger partial charge in [0.05, 0.1) is 13.2 Å². The summed E-state index contributed by atoms with van der Waals surface area (Å²) in [6.45, 7) is 6.30. The number of ether oxygens (including phenoxy) is 1. The van der Waals surface area contributed by atoms with Gasteiger partial charge < -0.3 is 15.4 Å². The van der Waals surface area contributed by atoms with Gasteiger partial charge in [-0.25, -0.2) is 9.38 Å². The smallest absolute Gasteiger partial charge is 0.191 e. The van der Waals surface area contributed by atoms with Gasteiger partial charge in [-0.05, 0) is 42.2 Å². The Bertz CT molecular complexity index is 716. The first kappa shape index (κ1) is 18.9. The third-order valence-corrected chi connectivity index (χ3v) is 3.85. The standard InChI is InChI=1S/C20H26FN3O/c1-4-22-20(23-12-16-9-10-19(21)15(2)11-16)24-13-17-7-5-6-8-18(17)14-25-3/h5-11H,4,12-14H2,1-3H3,(H2,22,23,24). The van der Waals surface area contributed by atoms with Crippen LogP contribution < -0.4 is 10.6 Å². The van der Waals surface area contributed by atoms with Crippen molar-refractivity contribution in [1.82, 2.24) is 10.6 Å². The topological polar surface area (TPSA) is 45.7 Å². The minimum atomic E-state index is -0.187. The molecule has 5 heteroatoms. The van der Waals surface area contributed by atoms with Crippen LogP contribution in [0.15, 0.2) is 47.5 Å². The number of hydrogen-bond acceptors (Lipinski definition) is 2. The fourth-order valence-corrected chi connectivity index (χ4v) is 2.52. The van der Waals surface area contributed by atoms with E-state index in [4.69, 9.17) is 4.74 Å². The van der Waals surface area contributed by atoms with Crippen LogP contribution in [0.25, 0.3) is 0 Å². The predicted octanol–water partition coefficient (Wildman–Crippen LogP) is 3.54. The zero-order chi connectivity index (χ0) is 18.1. The van der Waals surface area contributed by atoms with E-state index in [1.54, 1.807) is 20.1 Å². The zero-order valence-corrected chi connectivity index (χ0v) is 15.1. The molecular weight excluding hydrogens is 317 g/mol. The van der Waals surface area contributed by atoms with Crippen molar-refractivity contribution in [3.63, 3.8) is 0 Å². The van der Waals surface area contributed by atoms with Gasteiger partial charge in [-0.2, -0.15) is 0 Å². The molecule has 4 nitrogen and oxygen atoms in total. The van der Waals surface area contributed by atoms with Crippen LogP contribution in [0.1, 0.15) is 29.2 Å². The molecular formula is C20H26FN3O. The maximum atomic E-state index is 13.4. The SMILES string of the molecule is CCNC(=NCc1ccc(F)c(C)c1)NCc1ccccc1COC. The number of rotatable bonds is 7. The van der Waals surface area contributed by atoms with Crippen LogP contribution in [-0.4, -0.2) is 19.6 Å². The Hall–Kier alpha value is -2.40. The van der Waals surface area contributed by atoms with E-state index in [1.165, 1.54) is 11.6 Å². The Balaban J connectivity index is 2.03. The van der Waals surface area contributed by atoms with Crippen molar-refractivity contribution >= 4 is 5.96 Å². The van der Waals surface area contributed by atoms with E-state index in [2.05, 4.69) is 27.8 Å². The van der Waals surface area contributed by atoms with E-state index < -0.39 is 0 Å². The monoisotopic (exact) mass is 343 g/mol. The number of methoxy groups -OCH3 is 1. The van der Waals surface area contributed by atoms with Gasteiger partial charge in [0, 0.05) is 20.2 Å². The molecule has 2 aromatic rings. The second-order valence-electron chi connectivity index (χ2n) is 5.83. The van der Waals surface area contributed by atoms with Crippen LogP contribution >= 0.6 is 0 Å². The summed E-state index contributed by atoms with van der Waals surface area (Å²) in [6.07, 6.45) is 0. The Morgan fingerprint density at radius 1 is 1.12 bits per heavy atom. The number of guanidine groups is 1. The van der Waals surface area contributed by atoms with Gasteiger partial charge in [0.25, 0.3) is 0 Å². The van der Waals surface area contributed by atoms with Gasteiger partial charge >= 0.3 is 0 Å². The number of hydrogen-bond donors (Lipinski definition) is 2. The summed E-state index contributed by atoms with van der Waals surface area (Å²) in [5.74, 6) is 0.546. The molecule has 0 unspecified atom stereocenters. The van der Waals surface area contributed by atoms with E-state index in [1.807, 2.05) is 25.1 Å². The summed E-state index contributed by atoms with van der Waals surface area (Å²) in [6, 6.07) is 13.2. The molecule has 0 amide bonds. The van der Waals surface area contributed by atoms with E-state index in [-0.39, 0.29) is 5.82 Å². The van der Waals surface area contributed by atoms with Gasteiger partial charge in [0.2, 0.25) is 0 Å². The van der Waals surface area contributed by atoms with Crippen LogP contribution in [0.5, 0.6) is 0 Å². The fourth-order valence-electron chi connectivity index (χ4n) is 2.52. The van der Waals surface area contributed by atoms with Crippen LogP contribution in [-0.2, 0) is 24.4 Å². The average Bonchev–Trinajstić information content (AvgIpc) is 2.61. The Morgan fingerprint density at radius 3 is 2.56 bits per heavy atom. The number of aliphatic imine (C=N–C) groups is 1. The molecule has 0 spiro atoms. The first-order valence-electron chi connectivity index (χ1n) is 8.47. The maximum absolute atomic E-state index is 13.4. The molecule has 2 N–H and O–H groups in total. The molecule has 0 bridgehead atoms. The minimum Gasteiger partial charge on any atom is -0.380 e. The lowest BCUT2D eigenvalue weighted by Gasteiger charge is -2.14. The summed E-state index contributed by atoms with van der Waals surface area (Å²) >= 11 is 0. The van der Waals surface area contributed by atoms with Crippen LogP contribution in [0, 0.1) is 12.7 Å². The highest BCUT2D eigenvalue weighted by atomic mass is 19.1. The molecule has 0 radical (unpaired) electrons. The summed E-state index contributed by atoms with van der Waals surface area (Å²) in [5, 5.41) is 6.58. The number of aryl methyl sites for hydroxylation is 1. The summed E-state index contributed by atoms with van der Waals surface area (Å²) in [5.41, 5.74) is 3.95. The largest absolute Gasteiger partial charge is 0.380 e. The summed E-state index contributed by atoms with van der Waals surface area (Å²) < 4.78 is 18.6. The molecule has 0 aliphatic rings. The molecule has 2 aromatic carbocycles. The second-order valence-corrected chi connectivity index (χ2v) is 5.83. The molecule has 0 heterocycles. The van der Waals surface area contributed by atoms with Crippen LogP contribution in [0.2, 0.25) is 0 Å². The highest BCUT2D eigenvalue weighted by Crippen LogP contribution is 2.11. The lowest BCUT2D eigenvalue weighted by Crippen LogP contribution is -2.37. The van der Waals surface area contributed by atoms with Gasteiger partial charge in [-0.15, -0.1) is 0 Å². The van der Waals surface area contributed by atoms with E-state index in [0.717, 1.165) is 23.6 Å². The number of nitrogens with one attached hydrogen (secondary N) is 2. The predicted molar refractivity (Wildman–Crippen MR) is 99.9 cm³/mol. The third kappa shape index (κ3) is 5.87. The molecule has 25 heavy (non-hydrogen) atoms.